The molecule has 0 aromatic rings. The summed E-state index contributed by atoms with van der Waals surface area (Å²) in [6, 6.07) is 0. The van der Waals surface area contributed by atoms with Crippen molar-refractivity contribution in [2.75, 3.05) is 0 Å². The van der Waals surface area contributed by atoms with E-state index in [1.807, 2.05) is 0 Å². The van der Waals surface area contributed by atoms with Crippen LogP contribution in [0, 0.1) is 17.8 Å². The summed E-state index contributed by atoms with van der Waals surface area (Å²) in [5.74, 6) is -2.24. The molecule has 3 atom stereocenters. The van der Waals surface area contributed by atoms with Crippen LogP contribution in [0.1, 0.15) is 290 Å². The van der Waals surface area contributed by atoms with Gasteiger partial charge in [-0.3, -0.25) is 9.59 Å². The van der Waals surface area contributed by atoms with Crippen molar-refractivity contribution < 1.29 is 19.8 Å². The van der Waals surface area contributed by atoms with Gasteiger partial charge in [-0.2, -0.15) is 0 Å². The van der Waals surface area contributed by atoms with Crippen LogP contribution in [-0.4, -0.2) is 22.2 Å². The lowest BCUT2D eigenvalue weighted by Gasteiger charge is -2.27. The normalized spacial score (nSPS) is 13.3. The Morgan fingerprint density at radius 3 is 0.815 bits per heavy atom. The van der Waals surface area contributed by atoms with Gasteiger partial charge in [0.1, 0.15) is 0 Å². The molecular formula is C50H98O4. The van der Waals surface area contributed by atoms with E-state index >= 15 is 0 Å². The Kier molecular flexibility index (Phi) is 42.2. The minimum Gasteiger partial charge on any atom is -0.481 e. The van der Waals surface area contributed by atoms with E-state index in [2.05, 4.69) is 20.8 Å². The molecule has 0 radical (unpaired) electrons. The van der Waals surface area contributed by atoms with Crippen LogP contribution in [0.5, 0.6) is 0 Å². The number of carbonyl (C=O) groups is 2. The summed E-state index contributed by atoms with van der Waals surface area (Å²) in [5, 5.41) is 20.7. The topological polar surface area (TPSA) is 74.6 Å². The van der Waals surface area contributed by atoms with Crippen molar-refractivity contribution >= 4 is 11.9 Å². The molecule has 0 aliphatic heterocycles. The molecule has 54 heavy (non-hydrogen) atoms. The Hall–Kier alpha value is -1.06. The Morgan fingerprint density at radius 2 is 0.556 bits per heavy atom. The molecule has 0 saturated carbocycles. The highest BCUT2D eigenvalue weighted by Gasteiger charge is 2.31. The van der Waals surface area contributed by atoms with Crippen LogP contribution < -0.4 is 0 Å². The summed E-state index contributed by atoms with van der Waals surface area (Å²) in [6.45, 7) is 6.82. The minimum absolute atomic E-state index is 0.0220. The van der Waals surface area contributed by atoms with Gasteiger partial charge in [-0.05, 0) is 31.6 Å². The van der Waals surface area contributed by atoms with E-state index in [-0.39, 0.29) is 5.92 Å². The summed E-state index contributed by atoms with van der Waals surface area (Å²) in [6.07, 6.45) is 51.9. The second-order valence-electron chi connectivity index (χ2n) is 17.7. The van der Waals surface area contributed by atoms with Crippen molar-refractivity contribution in [1.29, 1.82) is 0 Å². The van der Waals surface area contributed by atoms with E-state index < -0.39 is 23.8 Å². The first kappa shape index (κ1) is 52.9. The van der Waals surface area contributed by atoms with Gasteiger partial charge in [0.05, 0.1) is 11.8 Å². The highest BCUT2D eigenvalue weighted by Crippen LogP contribution is 2.33. The van der Waals surface area contributed by atoms with Crippen LogP contribution in [0.4, 0.5) is 0 Å². The van der Waals surface area contributed by atoms with Crippen LogP contribution in [0.2, 0.25) is 0 Å². The fourth-order valence-electron chi connectivity index (χ4n) is 8.79. The number of hydrogen-bond donors (Lipinski definition) is 2. The first-order valence-electron chi connectivity index (χ1n) is 24.9. The first-order chi connectivity index (χ1) is 26.5. The monoisotopic (exact) mass is 763 g/mol. The van der Waals surface area contributed by atoms with Crippen molar-refractivity contribution in [3.8, 4) is 0 Å². The van der Waals surface area contributed by atoms with Gasteiger partial charge in [0.2, 0.25) is 0 Å². The zero-order valence-electron chi connectivity index (χ0n) is 37.1. The van der Waals surface area contributed by atoms with E-state index in [0.29, 0.717) is 19.3 Å². The quantitative estimate of drug-likeness (QED) is 0.0606. The van der Waals surface area contributed by atoms with Gasteiger partial charge < -0.3 is 10.2 Å². The lowest BCUT2D eigenvalue weighted by Crippen LogP contribution is -2.28. The molecule has 322 valence electrons. The smallest absolute Gasteiger partial charge is 0.306 e. The highest BCUT2D eigenvalue weighted by molar-refractivity contribution is 5.71. The first-order valence-corrected chi connectivity index (χ1v) is 24.9. The maximum atomic E-state index is 12.7. The fraction of sp³-hybridized carbons (Fsp3) is 0.960. The molecular weight excluding hydrogens is 665 g/mol. The van der Waals surface area contributed by atoms with Gasteiger partial charge in [0.25, 0.3) is 0 Å². The second kappa shape index (κ2) is 43.1. The summed E-state index contributed by atoms with van der Waals surface area (Å²) >= 11 is 0. The van der Waals surface area contributed by atoms with Crippen LogP contribution in [0.3, 0.4) is 0 Å². The number of rotatable bonds is 46. The molecule has 0 spiro atoms. The van der Waals surface area contributed by atoms with E-state index in [9.17, 15) is 19.8 Å². The molecule has 4 nitrogen and oxygen atoms in total. The van der Waals surface area contributed by atoms with Gasteiger partial charge in [0, 0.05) is 0 Å². The molecule has 0 amide bonds. The molecule has 0 aliphatic rings. The average Bonchev–Trinajstić information content (AvgIpc) is 3.16. The lowest BCUT2D eigenvalue weighted by atomic mass is 9.77. The Bertz CT molecular complexity index is 766. The largest absolute Gasteiger partial charge is 0.481 e. The predicted octanol–water partition coefficient (Wildman–Crippen LogP) is 17.4. The molecule has 0 heterocycles. The van der Waals surface area contributed by atoms with Crippen LogP contribution in [-0.2, 0) is 9.59 Å². The van der Waals surface area contributed by atoms with Crippen molar-refractivity contribution in [2.24, 2.45) is 17.8 Å². The van der Waals surface area contributed by atoms with E-state index in [1.54, 1.807) is 0 Å². The third-order valence-corrected chi connectivity index (χ3v) is 12.5. The molecule has 0 aromatic heterocycles. The van der Waals surface area contributed by atoms with E-state index in [0.717, 1.165) is 44.9 Å². The Balaban J connectivity index is 4.66. The molecule has 0 saturated heterocycles. The number of aliphatic carboxylic acids is 2. The number of unbranched alkanes of at least 4 members (excludes halogenated alkanes) is 35. The predicted molar refractivity (Wildman–Crippen MR) is 237 cm³/mol. The second-order valence-corrected chi connectivity index (χ2v) is 17.7. The molecule has 2 N–H and O–H groups in total. The van der Waals surface area contributed by atoms with Gasteiger partial charge in [0.15, 0.2) is 0 Å². The third kappa shape index (κ3) is 36.6. The zero-order valence-corrected chi connectivity index (χ0v) is 37.1. The van der Waals surface area contributed by atoms with Crippen LogP contribution in [0.25, 0.3) is 0 Å². The van der Waals surface area contributed by atoms with Crippen LogP contribution in [0.15, 0.2) is 0 Å². The maximum absolute atomic E-state index is 12.7. The lowest BCUT2D eigenvalue weighted by molar-refractivity contribution is -0.147. The number of hydrogen-bond acceptors (Lipinski definition) is 2. The highest BCUT2D eigenvalue weighted by atomic mass is 16.4. The number of carboxylic acid groups (broad SMARTS) is 2. The Morgan fingerprint density at radius 1 is 0.315 bits per heavy atom. The molecule has 0 bridgehead atoms. The van der Waals surface area contributed by atoms with Gasteiger partial charge in [-0.15, -0.1) is 0 Å². The number of carboxylic acids is 2. The maximum Gasteiger partial charge on any atom is 0.306 e. The van der Waals surface area contributed by atoms with Gasteiger partial charge >= 0.3 is 11.9 Å². The van der Waals surface area contributed by atoms with Gasteiger partial charge in [-0.25, -0.2) is 0 Å². The Labute approximate surface area is 339 Å². The molecule has 0 fully saturated rings. The molecule has 3 unspecified atom stereocenters. The summed E-state index contributed by atoms with van der Waals surface area (Å²) in [7, 11) is 0. The van der Waals surface area contributed by atoms with Crippen molar-refractivity contribution in [2.45, 2.75) is 290 Å². The molecule has 0 rings (SSSR count). The third-order valence-electron chi connectivity index (χ3n) is 12.5. The van der Waals surface area contributed by atoms with Gasteiger partial charge in [-0.1, -0.05) is 265 Å². The van der Waals surface area contributed by atoms with Crippen LogP contribution >= 0.6 is 0 Å². The standard InChI is InChI=1S/C50H98O4/c1-4-7-10-13-16-19-22-24-26-28-31-34-37-40-43-47(49(51)52)45-46(42-39-36-33-30-21-18-15-12-9-6-3)48(50(53)54)44-41-38-35-32-29-27-25-23-20-17-14-11-8-5-2/h46-48H,4-45H2,1-3H3,(H,51,52)(H,53,54). The van der Waals surface area contributed by atoms with Crippen molar-refractivity contribution in [3.63, 3.8) is 0 Å². The molecule has 0 aliphatic carbocycles. The minimum atomic E-state index is -0.710. The SMILES string of the molecule is CCCCCCCCCCCCCCCCC(CC(CCCCCCCCCCCC)C(CCCCCCCCCCCCCCCC)C(=O)O)C(=O)O. The zero-order chi connectivity index (χ0) is 39.6. The van der Waals surface area contributed by atoms with Crippen molar-refractivity contribution in [1.82, 2.24) is 0 Å². The average molecular weight is 763 g/mol. The summed E-state index contributed by atoms with van der Waals surface area (Å²) in [5.41, 5.74) is 0. The van der Waals surface area contributed by atoms with Crippen molar-refractivity contribution in [3.05, 3.63) is 0 Å². The summed E-state index contributed by atoms with van der Waals surface area (Å²) < 4.78 is 0. The molecule has 0 aromatic carbocycles. The molecule has 4 heteroatoms. The fourth-order valence-corrected chi connectivity index (χ4v) is 8.79. The summed E-state index contributed by atoms with van der Waals surface area (Å²) in [4.78, 5) is 25.2. The van der Waals surface area contributed by atoms with E-state index in [1.165, 1.54) is 205 Å². The van der Waals surface area contributed by atoms with E-state index in [4.69, 9.17) is 0 Å².